The lowest BCUT2D eigenvalue weighted by Gasteiger charge is -2.13. The first-order chi connectivity index (χ1) is 8.31. The highest BCUT2D eigenvalue weighted by atomic mass is 16.5. The highest BCUT2D eigenvalue weighted by Crippen LogP contribution is 2.08. The smallest absolute Gasteiger partial charge is 0.277 e. The number of hydrogen-bond donors (Lipinski definition) is 0. The minimum atomic E-state index is -0.248. The standard InChI is InChI=1S/C14H13NO2/c1-17-13-10-6-5-9-12(13)15-14(16)11-7-3-2-4-8-11/h2-10,13H,1H3. The van der Waals surface area contributed by atoms with Gasteiger partial charge in [0.2, 0.25) is 0 Å². The van der Waals surface area contributed by atoms with Crippen LogP contribution in [0.15, 0.2) is 59.6 Å². The Hall–Kier alpha value is -2.00. The van der Waals surface area contributed by atoms with E-state index in [-0.39, 0.29) is 12.0 Å². The quantitative estimate of drug-likeness (QED) is 0.778. The molecule has 0 spiro atoms. The van der Waals surface area contributed by atoms with E-state index in [4.69, 9.17) is 4.74 Å². The summed E-state index contributed by atoms with van der Waals surface area (Å²) >= 11 is 0. The van der Waals surface area contributed by atoms with Crippen molar-refractivity contribution < 1.29 is 9.53 Å². The molecule has 1 atom stereocenters. The molecule has 0 saturated heterocycles. The van der Waals surface area contributed by atoms with Crippen molar-refractivity contribution in [1.82, 2.24) is 0 Å². The van der Waals surface area contributed by atoms with Gasteiger partial charge in [-0.25, -0.2) is 4.99 Å². The summed E-state index contributed by atoms with van der Waals surface area (Å²) in [5.74, 6) is -0.248. The predicted octanol–water partition coefficient (Wildman–Crippen LogP) is 2.41. The normalized spacial score (nSPS) is 20.8. The summed E-state index contributed by atoms with van der Waals surface area (Å²) < 4.78 is 5.22. The van der Waals surface area contributed by atoms with Crippen LogP contribution in [0.4, 0.5) is 0 Å². The molecule has 0 aromatic heterocycles. The zero-order valence-electron chi connectivity index (χ0n) is 9.54. The van der Waals surface area contributed by atoms with Crippen molar-refractivity contribution >= 4 is 11.6 Å². The fraction of sp³-hybridized carbons (Fsp3) is 0.143. The maximum absolute atomic E-state index is 11.9. The Bertz CT molecular complexity index is 486. The van der Waals surface area contributed by atoms with Crippen molar-refractivity contribution in [3.05, 3.63) is 60.2 Å². The second-order valence-electron chi connectivity index (χ2n) is 3.61. The lowest BCUT2D eigenvalue weighted by atomic mass is 10.1. The monoisotopic (exact) mass is 227 g/mol. The third-order valence-electron chi connectivity index (χ3n) is 2.46. The van der Waals surface area contributed by atoms with Crippen LogP contribution in [0.3, 0.4) is 0 Å². The van der Waals surface area contributed by atoms with E-state index in [1.807, 2.05) is 36.4 Å². The van der Waals surface area contributed by atoms with E-state index in [1.165, 1.54) is 0 Å². The molecule has 1 aromatic rings. The van der Waals surface area contributed by atoms with Crippen LogP contribution in [0, 0.1) is 0 Å². The average Bonchev–Trinajstić information content (AvgIpc) is 2.40. The molecule has 1 unspecified atom stereocenters. The van der Waals surface area contributed by atoms with Gasteiger partial charge in [-0.2, -0.15) is 0 Å². The van der Waals surface area contributed by atoms with Gasteiger partial charge in [0.1, 0.15) is 6.10 Å². The van der Waals surface area contributed by atoms with Gasteiger partial charge in [-0.3, -0.25) is 4.79 Å². The zero-order valence-corrected chi connectivity index (χ0v) is 9.54. The Morgan fingerprint density at radius 2 is 2.00 bits per heavy atom. The molecule has 0 saturated carbocycles. The number of rotatable bonds is 2. The number of hydrogen-bond acceptors (Lipinski definition) is 2. The Morgan fingerprint density at radius 1 is 1.24 bits per heavy atom. The predicted molar refractivity (Wildman–Crippen MR) is 67.3 cm³/mol. The Labute approximate surface area is 100 Å². The maximum atomic E-state index is 11.9. The minimum Gasteiger partial charge on any atom is -0.371 e. The molecule has 0 N–H and O–H groups in total. The zero-order chi connectivity index (χ0) is 12.1. The molecule has 3 nitrogen and oxygen atoms in total. The molecule has 0 bridgehead atoms. The van der Waals surface area contributed by atoms with Gasteiger partial charge in [0.15, 0.2) is 0 Å². The Morgan fingerprint density at radius 3 is 2.71 bits per heavy atom. The van der Waals surface area contributed by atoms with E-state index in [0.29, 0.717) is 11.3 Å². The van der Waals surface area contributed by atoms with Crippen molar-refractivity contribution in [2.24, 2.45) is 4.99 Å². The Balaban J connectivity index is 2.22. The maximum Gasteiger partial charge on any atom is 0.277 e. The van der Waals surface area contributed by atoms with Crippen LogP contribution in [-0.4, -0.2) is 24.8 Å². The van der Waals surface area contributed by atoms with Crippen molar-refractivity contribution in [2.45, 2.75) is 6.10 Å². The number of benzene rings is 1. The third-order valence-corrected chi connectivity index (χ3v) is 2.46. The topological polar surface area (TPSA) is 38.7 Å². The molecule has 0 heterocycles. The number of methoxy groups -OCH3 is 1. The van der Waals surface area contributed by atoms with Gasteiger partial charge in [-0.1, -0.05) is 30.4 Å². The van der Waals surface area contributed by atoms with E-state index in [9.17, 15) is 4.79 Å². The summed E-state index contributed by atoms with van der Waals surface area (Å²) in [7, 11) is 1.59. The van der Waals surface area contributed by atoms with E-state index < -0.39 is 0 Å². The molecule has 1 aromatic carbocycles. The summed E-state index contributed by atoms with van der Waals surface area (Å²) in [6.45, 7) is 0. The molecular formula is C14H13NO2. The van der Waals surface area contributed by atoms with Gasteiger partial charge >= 0.3 is 0 Å². The third kappa shape index (κ3) is 2.77. The van der Waals surface area contributed by atoms with Crippen molar-refractivity contribution in [2.75, 3.05) is 7.11 Å². The van der Waals surface area contributed by atoms with Crippen LogP contribution in [0.2, 0.25) is 0 Å². The van der Waals surface area contributed by atoms with Crippen molar-refractivity contribution in [3.63, 3.8) is 0 Å². The van der Waals surface area contributed by atoms with Gasteiger partial charge in [0, 0.05) is 12.7 Å². The van der Waals surface area contributed by atoms with Gasteiger partial charge in [-0.15, -0.1) is 0 Å². The molecule has 2 rings (SSSR count). The van der Waals surface area contributed by atoms with Crippen LogP contribution >= 0.6 is 0 Å². The fourth-order valence-corrected chi connectivity index (χ4v) is 1.58. The van der Waals surface area contributed by atoms with Crippen molar-refractivity contribution in [3.8, 4) is 0 Å². The summed E-state index contributed by atoms with van der Waals surface area (Å²) in [6, 6.07) is 8.99. The highest BCUT2D eigenvalue weighted by molar-refractivity contribution is 6.10. The summed E-state index contributed by atoms with van der Waals surface area (Å²) in [4.78, 5) is 15.9. The van der Waals surface area contributed by atoms with Crippen LogP contribution < -0.4 is 0 Å². The highest BCUT2D eigenvalue weighted by Gasteiger charge is 2.13. The SMILES string of the molecule is COC1C=CC=CC1=NC(=O)c1ccccc1. The number of ether oxygens (including phenoxy) is 1. The molecule has 17 heavy (non-hydrogen) atoms. The van der Waals surface area contributed by atoms with E-state index in [2.05, 4.69) is 4.99 Å². The molecule has 1 aliphatic carbocycles. The van der Waals surface area contributed by atoms with E-state index in [1.54, 1.807) is 25.3 Å². The van der Waals surface area contributed by atoms with Crippen LogP contribution in [0.1, 0.15) is 10.4 Å². The summed E-state index contributed by atoms with van der Waals surface area (Å²) in [5, 5.41) is 0. The largest absolute Gasteiger partial charge is 0.371 e. The summed E-state index contributed by atoms with van der Waals surface area (Å²) in [5.41, 5.74) is 1.21. The van der Waals surface area contributed by atoms with Gasteiger partial charge in [0.05, 0.1) is 5.71 Å². The van der Waals surface area contributed by atoms with E-state index >= 15 is 0 Å². The van der Waals surface area contributed by atoms with Crippen molar-refractivity contribution in [1.29, 1.82) is 0 Å². The number of carbonyl (C=O) groups is 1. The number of nitrogens with zero attached hydrogens (tertiary/aromatic N) is 1. The first-order valence-corrected chi connectivity index (χ1v) is 5.37. The first-order valence-electron chi connectivity index (χ1n) is 5.37. The molecule has 0 aliphatic heterocycles. The molecule has 1 amide bonds. The van der Waals surface area contributed by atoms with Gasteiger partial charge in [-0.05, 0) is 24.3 Å². The molecule has 1 aliphatic rings. The number of carbonyl (C=O) groups excluding carboxylic acids is 1. The molecule has 0 fully saturated rings. The molecular weight excluding hydrogens is 214 g/mol. The van der Waals surface area contributed by atoms with Crippen LogP contribution in [0.5, 0.6) is 0 Å². The number of aliphatic imine (C=N–C) groups is 1. The second-order valence-corrected chi connectivity index (χ2v) is 3.61. The lowest BCUT2D eigenvalue weighted by molar-refractivity contribution is 0.100. The van der Waals surface area contributed by atoms with Gasteiger partial charge < -0.3 is 4.74 Å². The first kappa shape index (κ1) is 11.5. The lowest BCUT2D eigenvalue weighted by Crippen LogP contribution is -2.21. The number of amides is 1. The van der Waals surface area contributed by atoms with Crippen LogP contribution in [0.25, 0.3) is 0 Å². The van der Waals surface area contributed by atoms with Gasteiger partial charge in [0.25, 0.3) is 5.91 Å². The average molecular weight is 227 g/mol. The number of allylic oxidation sites excluding steroid dienone is 2. The molecule has 3 heteroatoms. The molecule has 0 radical (unpaired) electrons. The Kier molecular flexibility index (Phi) is 3.62. The van der Waals surface area contributed by atoms with E-state index in [0.717, 1.165) is 0 Å². The second kappa shape index (κ2) is 5.37. The minimum absolute atomic E-state index is 0.243. The fourth-order valence-electron chi connectivity index (χ4n) is 1.58. The molecule has 86 valence electrons. The van der Waals surface area contributed by atoms with Crippen LogP contribution in [-0.2, 0) is 4.74 Å². The summed E-state index contributed by atoms with van der Waals surface area (Å²) in [6.07, 6.45) is 7.12.